The zero-order valence-electron chi connectivity index (χ0n) is 10.9. The first-order chi connectivity index (χ1) is 9.70. The first-order valence-electron chi connectivity index (χ1n) is 6.85. The van der Waals surface area contributed by atoms with Crippen molar-refractivity contribution in [2.24, 2.45) is 5.92 Å². The highest BCUT2D eigenvalue weighted by atomic mass is 79.9. The molecule has 2 aliphatic rings. The zero-order chi connectivity index (χ0) is 13.7. The van der Waals surface area contributed by atoms with Crippen LogP contribution in [-0.2, 0) is 16.6 Å². The van der Waals surface area contributed by atoms with Crippen LogP contribution in [0.5, 0.6) is 0 Å². The maximum absolute atomic E-state index is 12.4. The first kappa shape index (κ1) is 12.2. The Morgan fingerprint density at radius 3 is 2.80 bits per heavy atom. The molecule has 1 fully saturated rings. The molecule has 2 aromatic carbocycles. The summed E-state index contributed by atoms with van der Waals surface area (Å²) in [5.41, 5.74) is 3.17. The van der Waals surface area contributed by atoms with Crippen LogP contribution in [0.3, 0.4) is 0 Å². The standard InChI is InChI=1S/C17H14BrNO/c18-13-6-7-15-14(9-13)17(16(20)19-15)10-12(17)8-11-4-2-1-3-5-11/h1-7,9,12H,8,10H2,(H,19,20). The van der Waals surface area contributed by atoms with E-state index < -0.39 is 0 Å². The van der Waals surface area contributed by atoms with Crippen molar-refractivity contribution in [3.05, 3.63) is 64.1 Å². The molecule has 0 aromatic heterocycles. The summed E-state index contributed by atoms with van der Waals surface area (Å²) >= 11 is 3.51. The Hall–Kier alpha value is -1.61. The van der Waals surface area contributed by atoms with Crippen molar-refractivity contribution in [3.8, 4) is 0 Å². The van der Waals surface area contributed by atoms with Gasteiger partial charge in [-0.15, -0.1) is 0 Å². The van der Waals surface area contributed by atoms with Crippen molar-refractivity contribution >= 4 is 27.5 Å². The Morgan fingerprint density at radius 1 is 1.20 bits per heavy atom. The van der Waals surface area contributed by atoms with Crippen LogP contribution in [0.25, 0.3) is 0 Å². The molecule has 2 nitrogen and oxygen atoms in total. The van der Waals surface area contributed by atoms with Crippen molar-refractivity contribution in [1.82, 2.24) is 0 Å². The molecular formula is C17H14BrNO. The molecule has 1 heterocycles. The fourth-order valence-corrected chi connectivity index (χ4v) is 3.79. The van der Waals surface area contributed by atoms with Crippen LogP contribution in [0, 0.1) is 5.92 Å². The molecule has 2 atom stereocenters. The number of nitrogens with one attached hydrogen (secondary N) is 1. The maximum atomic E-state index is 12.4. The van der Waals surface area contributed by atoms with Crippen LogP contribution in [0.1, 0.15) is 17.5 Å². The highest BCUT2D eigenvalue weighted by Gasteiger charge is 2.64. The van der Waals surface area contributed by atoms with Gasteiger partial charge in [0.05, 0.1) is 5.41 Å². The van der Waals surface area contributed by atoms with Crippen LogP contribution in [0.4, 0.5) is 5.69 Å². The summed E-state index contributed by atoms with van der Waals surface area (Å²) in [6, 6.07) is 16.5. The zero-order valence-corrected chi connectivity index (χ0v) is 12.5. The lowest BCUT2D eigenvalue weighted by atomic mass is 9.92. The molecule has 1 aliphatic carbocycles. The van der Waals surface area contributed by atoms with E-state index in [2.05, 4.69) is 51.6 Å². The Balaban J connectivity index is 1.67. The van der Waals surface area contributed by atoms with Crippen molar-refractivity contribution in [2.45, 2.75) is 18.3 Å². The van der Waals surface area contributed by atoms with E-state index in [1.807, 2.05) is 18.2 Å². The SMILES string of the molecule is O=C1Nc2ccc(Br)cc2C12CC2Cc1ccccc1. The van der Waals surface area contributed by atoms with Crippen LogP contribution < -0.4 is 5.32 Å². The van der Waals surface area contributed by atoms with Gasteiger partial charge in [0.15, 0.2) is 0 Å². The molecule has 1 N–H and O–H groups in total. The lowest BCUT2D eigenvalue weighted by Crippen LogP contribution is -2.22. The molecule has 1 saturated carbocycles. The average Bonchev–Trinajstić information content (AvgIpc) is 3.10. The smallest absolute Gasteiger partial charge is 0.235 e. The monoisotopic (exact) mass is 327 g/mol. The lowest BCUT2D eigenvalue weighted by Gasteiger charge is -2.09. The van der Waals surface area contributed by atoms with Gasteiger partial charge in [-0.3, -0.25) is 4.79 Å². The number of carbonyl (C=O) groups is 1. The van der Waals surface area contributed by atoms with Gasteiger partial charge in [-0.05, 0) is 48.1 Å². The largest absolute Gasteiger partial charge is 0.325 e. The minimum atomic E-state index is -0.283. The average molecular weight is 328 g/mol. The third-order valence-corrected chi connectivity index (χ3v) is 5.04. The van der Waals surface area contributed by atoms with Crippen molar-refractivity contribution in [1.29, 1.82) is 0 Å². The minimum absolute atomic E-state index is 0.173. The van der Waals surface area contributed by atoms with Gasteiger partial charge in [-0.1, -0.05) is 46.3 Å². The molecule has 0 saturated heterocycles. The van der Waals surface area contributed by atoms with E-state index in [9.17, 15) is 4.79 Å². The van der Waals surface area contributed by atoms with Gasteiger partial charge >= 0.3 is 0 Å². The van der Waals surface area contributed by atoms with E-state index in [-0.39, 0.29) is 11.3 Å². The van der Waals surface area contributed by atoms with Crippen molar-refractivity contribution in [2.75, 3.05) is 5.32 Å². The molecule has 4 rings (SSSR count). The molecule has 0 bridgehead atoms. The van der Waals surface area contributed by atoms with E-state index in [1.54, 1.807) is 0 Å². The van der Waals surface area contributed by atoms with Crippen LogP contribution in [0.2, 0.25) is 0 Å². The molecular weight excluding hydrogens is 314 g/mol. The van der Waals surface area contributed by atoms with Crippen molar-refractivity contribution in [3.63, 3.8) is 0 Å². The second kappa shape index (κ2) is 4.19. The van der Waals surface area contributed by atoms with E-state index in [4.69, 9.17) is 0 Å². The van der Waals surface area contributed by atoms with Gasteiger partial charge in [-0.2, -0.15) is 0 Å². The lowest BCUT2D eigenvalue weighted by molar-refractivity contribution is -0.118. The number of hydrogen-bond acceptors (Lipinski definition) is 1. The fraction of sp³-hybridized carbons (Fsp3) is 0.235. The van der Waals surface area contributed by atoms with E-state index in [0.29, 0.717) is 5.92 Å². The Kier molecular flexibility index (Phi) is 2.55. The van der Waals surface area contributed by atoms with Crippen LogP contribution in [0.15, 0.2) is 53.0 Å². The molecule has 1 amide bonds. The van der Waals surface area contributed by atoms with Gasteiger partial charge in [0.25, 0.3) is 0 Å². The Bertz CT molecular complexity index is 697. The Labute approximate surface area is 126 Å². The van der Waals surface area contributed by atoms with Gasteiger partial charge in [0.1, 0.15) is 0 Å². The number of halogens is 1. The summed E-state index contributed by atoms with van der Waals surface area (Å²) in [4.78, 5) is 12.4. The number of rotatable bonds is 2. The summed E-state index contributed by atoms with van der Waals surface area (Å²) in [6.45, 7) is 0. The third-order valence-electron chi connectivity index (χ3n) is 4.55. The number of amides is 1. The number of benzene rings is 2. The predicted molar refractivity (Wildman–Crippen MR) is 82.7 cm³/mol. The molecule has 100 valence electrons. The van der Waals surface area contributed by atoms with E-state index in [0.717, 1.165) is 28.6 Å². The maximum Gasteiger partial charge on any atom is 0.235 e. The third kappa shape index (κ3) is 1.66. The summed E-state index contributed by atoms with van der Waals surface area (Å²) in [5, 5.41) is 3.03. The second-order valence-electron chi connectivity index (χ2n) is 5.71. The molecule has 20 heavy (non-hydrogen) atoms. The minimum Gasteiger partial charge on any atom is -0.325 e. The van der Waals surface area contributed by atoms with Gasteiger partial charge in [0.2, 0.25) is 5.91 Å². The normalized spacial score (nSPS) is 26.4. The molecule has 0 radical (unpaired) electrons. The van der Waals surface area contributed by atoms with Gasteiger partial charge in [0, 0.05) is 10.2 Å². The Morgan fingerprint density at radius 2 is 2.00 bits per heavy atom. The van der Waals surface area contributed by atoms with Crippen LogP contribution >= 0.6 is 15.9 Å². The summed E-state index contributed by atoms with van der Waals surface area (Å²) in [7, 11) is 0. The molecule has 3 heteroatoms. The number of fused-ring (bicyclic) bond motifs is 2. The number of hydrogen-bond donors (Lipinski definition) is 1. The topological polar surface area (TPSA) is 29.1 Å². The number of carbonyl (C=O) groups excluding carboxylic acids is 1. The van der Waals surface area contributed by atoms with Gasteiger partial charge < -0.3 is 5.32 Å². The summed E-state index contributed by atoms with van der Waals surface area (Å²) in [6.07, 6.45) is 1.93. The molecule has 1 spiro atoms. The second-order valence-corrected chi connectivity index (χ2v) is 6.62. The summed E-state index contributed by atoms with van der Waals surface area (Å²) in [5.74, 6) is 0.590. The van der Waals surface area contributed by atoms with E-state index >= 15 is 0 Å². The molecule has 1 aliphatic heterocycles. The predicted octanol–water partition coefficient (Wildman–Crippen LogP) is 3.90. The number of anilines is 1. The van der Waals surface area contributed by atoms with Crippen molar-refractivity contribution < 1.29 is 4.79 Å². The van der Waals surface area contributed by atoms with Crippen LogP contribution in [-0.4, -0.2) is 5.91 Å². The first-order valence-corrected chi connectivity index (χ1v) is 7.65. The quantitative estimate of drug-likeness (QED) is 0.890. The molecule has 2 aromatic rings. The van der Waals surface area contributed by atoms with Gasteiger partial charge in [-0.25, -0.2) is 0 Å². The summed E-state index contributed by atoms with van der Waals surface area (Å²) < 4.78 is 1.04. The highest BCUT2D eigenvalue weighted by Crippen LogP contribution is 2.61. The van der Waals surface area contributed by atoms with E-state index in [1.165, 1.54) is 5.56 Å². The molecule has 2 unspecified atom stereocenters. The fourth-order valence-electron chi connectivity index (χ4n) is 3.43. The highest BCUT2D eigenvalue weighted by molar-refractivity contribution is 9.10.